The molecule has 0 fully saturated rings. The molecule has 3 aromatic rings. The quantitative estimate of drug-likeness (QED) is 0.423. The minimum absolute atomic E-state index is 0.00988. The van der Waals surface area contributed by atoms with Crippen LogP contribution in [0.3, 0.4) is 0 Å². The van der Waals surface area contributed by atoms with Gasteiger partial charge in [-0.2, -0.15) is 0 Å². The Morgan fingerprint density at radius 3 is 2.78 bits per heavy atom. The van der Waals surface area contributed by atoms with E-state index < -0.39 is 6.04 Å². The van der Waals surface area contributed by atoms with Gasteiger partial charge in [0.25, 0.3) is 5.91 Å². The number of nitrogens with one attached hydrogen (secondary N) is 2. The van der Waals surface area contributed by atoms with Crippen LogP contribution in [0.5, 0.6) is 17.2 Å². The molecule has 0 saturated carbocycles. The number of amides is 3. The maximum absolute atomic E-state index is 13.5. The Kier molecular flexibility index (Phi) is 7.30. The Balaban J connectivity index is 1.12. The van der Waals surface area contributed by atoms with Crippen molar-refractivity contribution in [3.63, 3.8) is 0 Å². The minimum atomic E-state index is -0.913. The van der Waals surface area contributed by atoms with E-state index in [0.29, 0.717) is 45.2 Å². The fourth-order valence-electron chi connectivity index (χ4n) is 4.56. The van der Waals surface area contributed by atoms with Crippen molar-refractivity contribution in [2.24, 2.45) is 9.98 Å². The Bertz CT molecular complexity index is 1610. The number of hydrogen-bond donors (Lipinski definition) is 2. The smallest absolute Gasteiger partial charge is 0.259 e. The molecule has 6 rings (SSSR count). The van der Waals surface area contributed by atoms with Gasteiger partial charge in [-0.05, 0) is 42.0 Å². The molecule has 0 bridgehead atoms. The summed E-state index contributed by atoms with van der Waals surface area (Å²) in [7, 11) is 1.55. The molecule has 0 radical (unpaired) electrons. The number of fused-ring (bicyclic) bond motifs is 4. The van der Waals surface area contributed by atoms with Crippen molar-refractivity contribution >= 4 is 51.9 Å². The van der Waals surface area contributed by atoms with E-state index >= 15 is 0 Å². The van der Waals surface area contributed by atoms with E-state index in [1.54, 1.807) is 37.4 Å². The van der Waals surface area contributed by atoms with Crippen molar-refractivity contribution in [3.8, 4) is 17.2 Å². The summed E-state index contributed by atoms with van der Waals surface area (Å²) in [5.41, 5.74) is 2.77. The number of rotatable bonds is 8. The lowest BCUT2D eigenvalue weighted by Gasteiger charge is -2.25. The Labute approximate surface area is 239 Å². The highest BCUT2D eigenvalue weighted by Crippen LogP contribution is 2.35. The molecule has 0 aliphatic carbocycles. The van der Waals surface area contributed by atoms with Crippen LogP contribution in [0.15, 0.2) is 76.7 Å². The van der Waals surface area contributed by atoms with Crippen LogP contribution in [0.2, 0.25) is 0 Å². The van der Waals surface area contributed by atoms with Gasteiger partial charge in [0.05, 0.1) is 25.0 Å². The van der Waals surface area contributed by atoms with Crippen molar-refractivity contribution in [1.82, 2.24) is 10.2 Å². The highest BCUT2D eigenvalue weighted by atomic mass is 32.2. The van der Waals surface area contributed by atoms with Gasteiger partial charge in [-0.3, -0.25) is 19.4 Å². The maximum Gasteiger partial charge on any atom is 0.259 e. The summed E-state index contributed by atoms with van der Waals surface area (Å²) < 4.78 is 15.9. The molecule has 2 N–H and O–H groups in total. The number of methoxy groups -OCH3 is 1. The number of anilines is 1. The lowest BCUT2D eigenvalue weighted by molar-refractivity contribution is -0.128. The molecule has 208 valence electrons. The van der Waals surface area contributed by atoms with Gasteiger partial charge in [0.2, 0.25) is 18.6 Å². The van der Waals surface area contributed by atoms with Crippen LogP contribution in [0.25, 0.3) is 0 Å². The van der Waals surface area contributed by atoms with Crippen molar-refractivity contribution < 1.29 is 28.6 Å². The fourth-order valence-corrected chi connectivity index (χ4v) is 5.36. The number of thioether (sulfide) groups is 1. The molecule has 12 heteroatoms. The first-order valence-corrected chi connectivity index (χ1v) is 13.8. The summed E-state index contributed by atoms with van der Waals surface area (Å²) in [6.07, 6.45) is -0.125. The predicted molar refractivity (Wildman–Crippen MR) is 154 cm³/mol. The molecule has 0 aromatic heterocycles. The van der Waals surface area contributed by atoms with E-state index in [0.717, 1.165) is 17.3 Å². The molecule has 3 heterocycles. The highest BCUT2D eigenvalue weighted by Gasteiger charge is 2.42. The monoisotopic (exact) mass is 571 g/mol. The third-order valence-electron chi connectivity index (χ3n) is 6.54. The number of ether oxygens (including phenoxy) is 3. The molecule has 3 amide bonds. The normalized spacial score (nSPS) is 16.4. The summed E-state index contributed by atoms with van der Waals surface area (Å²) >= 11 is 1.12. The van der Waals surface area contributed by atoms with Crippen LogP contribution in [-0.2, 0) is 20.9 Å². The van der Waals surface area contributed by atoms with E-state index in [-0.39, 0.29) is 43.2 Å². The topological polar surface area (TPSA) is 131 Å². The number of nitrogens with zero attached hydrogens (tertiary/aromatic N) is 3. The predicted octanol–water partition coefficient (Wildman–Crippen LogP) is 3.46. The number of para-hydroxylation sites is 1. The lowest BCUT2D eigenvalue weighted by Crippen LogP contribution is -2.42. The van der Waals surface area contributed by atoms with E-state index in [1.165, 1.54) is 4.90 Å². The molecular weight excluding hydrogens is 546 g/mol. The lowest BCUT2D eigenvalue weighted by atomic mass is 10.1. The minimum Gasteiger partial charge on any atom is -0.497 e. The number of benzene rings is 3. The molecular formula is C29H25N5O6S. The summed E-state index contributed by atoms with van der Waals surface area (Å²) in [6.45, 7) is 0.440. The molecule has 11 nitrogen and oxygen atoms in total. The summed E-state index contributed by atoms with van der Waals surface area (Å²) in [5, 5.41) is 6.00. The van der Waals surface area contributed by atoms with E-state index in [2.05, 4.69) is 20.6 Å². The first-order valence-electron chi connectivity index (χ1n) is 12.8. The number of hydrogen-bond acceptors (Lipinski definition) is 9. The van der Waals surface area contributed by atoms with Gasteiger partial charge in [0.1, 0.15) is 17.6 Å². The zero-order chi connectivity index (χ0) is 28.3. The fraction of sp³-hybridized carbons (Fsp3) is 0.207. The van der Waals surface area contributed by atoms with E-state index in [1.807, 2.05) is 36.4 Å². The number of amidine groups is 2. The van der Waals surface area contributed by atoms with E-state index in [9.17, 15) is 14.4 Å². The second-order valence-electron chi connectivity index (χ2n) is 9.29. The Morgan fingerprint density at radius 2 is 1.90 bits per heavy atom. The molecule has 0 unspecified atom stereocenters. The van der Waals surface area contributed by atoms with Crippen LogP contribution in [-0.4, -0.2) is 59.3 Å². The largest absolute Gasteiger partial charge is 0.497 e. The van der Waals surface area contributed by atoms with Gasteiger partial charge in [-0.15, -0.1) is 0 Å². The van der Waals surface area contributed by atoms with Crippen LogP contribution in [0.4, 0.5) is 11.4 Å². The number of carbonyl (C=O) groups excluding carboxylic acids is 3. The Morgan fingerprint density at radius 1 is 1.05 bits per heavy atom. The van der Waals surface area contributed by atoms with Crippen molar-refractivity contribution in [1.29, 1.82) is 0 Å². The Hall–Kier alpha value is -4.84. The molecule has 3 aromatic carbocycles. The van der Waals surface area contributed by atoms with Gasteiger partial charge in [0, 0.05) is 23.9 Å². The van der Waals surface area contributed by atoms with Crippen LogP contribution in [0.1, 0.15) is 17.5 Å². The average molecular weight is 572 g/mol. The average Bonchev–Trinajstić information content (AvgIpc) is 3.59. The second kappa shape index (κ2) is 11.3. The zero-order valence-corrected chi connectivity index (χ0v) is 22.8. The zero-order valence-electron chi connectivity index (χ0n) is 22.0. The SMILES string of the molecule is COc1cccc(NC(=O)CSC2=Nc3ccccc3C3=N[C@H](CC(=O)NCc4ccc5c(c4)OCO5)C(=O)N23)c1. The van der Waals surface area contributed by atoms with Crippen molar-refractivity contribution in [2.45, 2.75) is 19.0 Å². The summed E-state index contributed by atoms with van der Waals surface area (Å²) in [6, 6.07) is 18.9. The van der Waals surface area contributed by atoms with Gasteiger partial charge in [0.15, 0.2) is 16.7 Å². The summed E-state index contributed by atoms with van der Waals surface area (Å²) in [5.74, 6) is 1.39. The molecule has 0 spiro atoms. The van der Waals surface area contributed by atoms with Crippen LogP contribution >= 0.6 is 11.8 Å². The van der Waals surface area contributed by atoms with Crippen LogP contribution < -0.4 is 24.8 Å². The molecule has 3 aliphatic rings. The first-order chi connectivity index (χ1) is 20.0. The van der Waals surface area contributed by atoms with Gasteiger partial charge in [-0.1, -0.05) is 36.0 Å². The summed E-state index contributed by atoms with van der Waals surface area (Å²) in [4.78, 5) is 49.7. The second-order valence-corrected chi connectivity index (χ2v) is 10.2. The molecule has 41 heavy (non-hydrogen) atoms. The van der Waals surface area contributed by atoms with Gasteiger partial charge < -0.3 is 24.8 Å². The first kappa shape index (κ1) is 26.4. The standard InChI is InChI=1S/C29H25N5O6S/c1-38-19-6-4-5-18(12-19)31-26(36)15-41-29-33-21-8-3-2-7-20(21)27-32-22(28(37)34(27)29)13-25(35)30-14-17-9-10-23-24(11-17)40-16-39-23/h2-12,22H,13-16H2,1H3,(H,30,35)(H,31,36)/t22-/m1/s1. The number of aliphatic imine (C=N–C) groups is 2. The molecule has 0 saturated heterocycles. The van der Waals surface area contributed by atoms with Gasteiger partial charge >= 0.3 is 0 Å². The maximum atomic E-state index is 13.5. The van der Waals surface area contributed by atoms with E-state index in [4.69, 9.17) is 14.2 Å². The highest BCUT2D eigenvalue weighted by molar-refractivity contribution is 8.14. The van der Waals surface area contributed by atoms with Crippen molar-refractivity contribution in [3.05, 3.63) is 77.9 Å². The van der Waals surface area contributed by atoms with Gasteiger partial charge in [-0.25, -0.2) is 9.89 Å². The van der Waals surface area contributed by atoms with Crippen molar-refractivity contribution in [2.75, 3.05) is 25.0 Å². The number of carbonyl (C=O) groups is 3. The molecule has 1 atom stereocenters. The molecule has 3 aliphatic heterocycles. The third-order valence-corrected chi connectivity index (χ3v) is 7.48. The van der Waals surface area contributed by atoms with Crippen LogP contribution in [0, 0.1) is 0 Å². The third kappa shape index (κ3) is 5.59.